The third kappa shape index (κ3) is 13.8. The predicted octanol–water partition coefficient (Wildman–Crippen LogP) is 20.7. The van der Waals surface area contributed by atoms with Gasteiger partial charge < -0.3 is 65.8 Å². The van der Waals surface area contributed by atoms with Gasteiger partial charge in [-0.3, -0.25) is 0 Å². The van der Waals surface area contributed by atoms with E-state index in [1.165, 1.54) is 0 Å². The van der Waals surface area contributed by atoms with E-state index in [0.29, 0.717) is 58.4 Å². The molecule has 6 aromatic heterocycles. The van der Waals surface area contributed by atoms with Gasteiger partial charge in [0.15, 0.2) is 0 Å². The molecule has 18 rings (SSSR count). The van der Waals surface area contributed by atoms with Gasteiger partial charge in [0.25, 0.3) is 0 Å². The Morgan fingerprint density at radius 1 is 0.178 bits per heavy atom. The van der Waals surface area contributed by atoms with Crippen molar-refractivity contribution in [2.45, 2.75) is 0 Å². The molecule has 4 aliphatic rings. The maximum atomic E-state index is 6.15. The number of hydrogen-bond donors (Lipinski definition) is 12. The van der Waals surface area contributed by atoms with Crippen LogP contribution in [0.1, 0.15) is 45.6 Å². The second kappa shape index (κ2) is 28.9. The predicted molar refractivity (Wildman–Crippen MR) is 448 cm³/mol. The summed E-state index contributed by atoms with van der Waals surface area (Å²) in [5.41, 5.74) is 83.9. The van der Waals surface area contributed by atoms with Gasteiger partial charge in [0, 0.05) is 134 Å². The van der Waals surface area contributed by atoms with Gasteiger partial charge in [-0.1, -0.05) is 97.1 Å². The van der Waals surface area contributed by atoms with Crippen LogP contribution in [-0.4, -0.2) is 39.9 Å². The molecular weight excluding hydrogens is 1410 g/mol. The van der Waals surface area contributed by atoms with Crippen LogP contribution in [-0.2, 0) is 12.9 Å². The fourth-order valence-corrected chi connectivity index (χ4v) is 14.0. The number of halogens is 2. The van der Waals surface area contributed by atoms with Crippen LogP contribution >= 0.6 is 20.3 Å². The fraction of sp³-hybridized carbons (Fsp3) is 0. The van der Waals surface area contributed by atoms with E-state index in [-0.39, 0.29) is 0 Å². The molecule has 0 spiro atoms. The van der Waals surface area contributed by atoms with Crippen molar-refractivity contribution >= 4 is 159 Å². The number of hydrogen-bond acceptors (Lipinski definition) is 12. The van der Waals surface area contributed by atoms with Crippen molar-refractivity contribution < 1.29 is 12.9 Å². The first-order valence-electron chi connectivity index (χ1n) is 34.2. The van der Waals surface area contributed by atoms with Crippen LogP contribution in [0.25, 0.3) is 182 Å². The van der Waals surface area contributed by atoms with Crippen molar-refractivity contribution in [2.75, 3.05) is 45.9 Å². The van der Waals surface area contributed by atoms with Crippen LogP contribution in [0.15, 0.2) is 243 Å². The number of fused-ring (bicyclic) bond motifs is 16. The number of nitrogen functional groups attached to an aromatic ring is 8. The molecular formula is C88H68Cl2CoN16. The molecule has 16 nitrogen and oxygen atoms in total. The Labute approximate surface area is 630 Å². The van der Waals surface area contributed by atoms with Gasteiger partial charge in [0.1, 0.15) is 0 Å². The minimum absolute atomic E-state index is 0.382. The molecule has 0 radical (unpaired) electrons. The number of nitrogens with one attached hydrogen (secondary N) is 4. The Bertz CT molecular complexity index is 5640. The van der Waals surface area contributed by atoms with E-state index in [1.54, 1.807) is 0 Å². The van der Waals surface area contributed by atoms with Crippen LogP contribution in [0.5, 0.6) is 0 Å². The Morgan fingerprint density at radius 2 is 0.299 bits per heavy atom. The summed E-state index contributed by atoms with van der Waals surface area (Å²) in [6.45, 7) is 0. The second-order valence-corrected chi connectivity index (χ2v) is 27.7. The SMILES string of the molecule is Nc1ccc(-c2c3nc(c(-c4ccc(N)cc4)c4ccc([nH]4)c(-c4ccc(N)cc4)c4ccc([nH]4)c(-c4ccc(N)cc4)c4nc2C=C4)C=C3)cc1.Nc1ccc(-c2c3nc(c(-c4ccc(N)cc4)c4ccc([nH]4)c(-c4ccc(N)cc4)c4nc(c(-c5ccc(N)cc5)c5ccc2[nH]5)C=C4)C=C3)cc1.[Cl][Co][Cl]. The molecule has 0 unspecified atom stereocenters. The van der Waals surface area contributed by atoms with Crippen LogP contribution < -0.4 is 45.9 Å². The Balaban J connectivity index is 0.000000158. The monoisotopic (exact) mass is 1480 g/mol. The first kappa shape index (κ1) is 67.9. The van der Waals surface area contributed by atoms with E-state index in [2.05, 4.69) is 117 Å². The van der Waals surface area contributed by atoms with Gasteiger partial charge in [-0.15, -0.1) is 0 Å². The second-order valence-electron chi connectivity index (χ2n) is 26.0. The summed E-state index contributed by atoms with van der Waals surface area (Å²) in [6.07, 6.45) is 16.5. The molecule has 16 bridgehead atoms. The van der Waals surface area contributed by atoms with Gasteiger partial charge in [-0.2, -0.15) is 0 Å². The van der Waals surface area contributed by atoms with E-state index < -0.39 is 0 Å². The molecule has 10 heterocycles. The maximum absolute atomic E-state index is 6.15. The first-order valence-corrected chi connectivity index (χ1v) is 37.1. The Morgan fingerprint density at radius 3 is 0.458 bits per heavy atom. The summed E-state index contributed by atoms with van der Waals surface area (Å²) in [6, 6.07) is 80.0. The van der Waals surface area contributed by atoms with Gasteiger partial charge in [-0.05, 0) is 239 Å². The van der Waals surface area contributed by atoms with Crippen LogP contribution in [0.3, 0.4) is 0 Å². The minimum atomic E-state index is 0.382. The van der Waals surface area contributed by atoms with E-state index in [4.69, 9.17) is 86.1 Å². The Hall–Kier alpha value is -13.6. The van der Waals surface area contributed by atoms with Crippen molar-refractivity contribution in [3.63, 3.8) is 0 Å². The molecule has 107 heavy (non-hydrogen) atoms. The van der Waals surface area contributed by atoms with Gasteiger partial charge in [0.05, 0.1) is 45.6 Å². The summed E-state index contributed by atoms with van der Waals surface area (Å²) in [4.78, 5) is 36.3. The van der Waals surface area contributed by atoms with Crippen LogP contribution in [0, 0.1) is 0 Å². The molecule has 0 fully saturated rings. The summed E-state index contributed by atoms with van der Waals surface area (Å²) >= 11 is 0.382. The number of aromatic amines is 4. The zero-order valence-corrected chi connectivity index (χ0v) is 59.8. The number of anilines is 8. The van der Waals surface area contributed by atoms with E-state index in [9.17, 15) is 0 Å². The molecule has 0 amide bonds. The van der Waals surface area contributed by atoms with Gasteiger partial charge in [-0.25, -0.2) is 19.9 Å². The van der Waals surface area contributed by atoms with Crippen LogP contribution in [0.4, 0.5) is 45.5 Å². The molecule has 0 saturated heterocycles. The number of aromatic nitrogens is 8. The van der Waals surface area contributed by atoms with E-state index >= 15 is 0 Å². The van der Waals surface area contributed by atoms with Gasteiger partial charge in [0.2, 0.25) is 0 Å². The standard InChI is InChI=1S/2C44H34N8.2ClH.Co/c2*45-29-9-1-25(2-10-29)41-33-17-19-35(49-33)42(26-3-11-30(46)12-4-26)37-21-23-39(51-37)44(28-7-15-32(48)16-8-28)40-24-22-38(52-40)43(36-20-18-34(41)50-36)27-5-13-31(47)14-6-27;;;/h1-24,49,52H,45-48H2;1-24,49-50H,45-48H2;2*1H;/q;;;;+2/p-2. The van der Waals surface area contributed by atoms with E-state index in [0.717, 1.165) is 179 Å². The molecule has 19 heteroatoms. The number of nitrogens with zero attached hydrogens (tertiary/aromatic N) is 4. The first-order chi connectivity index (χ1) is 52.2. The average Bonchev–Trinajstić information content (AvgIpc) is 1.62. The number of benzene rings is 8. The average molecular weight is 1480 g/mol. The summed E-state index contributed by atoms with van der Waals surface area (Å²) in [7, 11) is 9.47. The zero-order valence-electron chi connectivity index (χ0n) is 57.2. The number of rotatable bonds is 8. The molecule has 0 aliphatic carbocycles. The molecule has 4 aliphatic heterocycles. The molecule has 8 aromatic carbocycles. The van der Waals surface area contributed by atoms with E-state index in [1.807, 2.05) is 194 Å². The molecule has 14 aromatic rings. The normalized spacial score (nSPS) is 11.9. The zero-order chi connectivity index (χ0) is 73.4. The summed E-state index contributed by atoms with van der Waals surface area (Å²) in [5.74, 6) is 0. The topological polar surface area (TPSA) is 323 Å². The quantitative estimate of drug-likeness (QED) is 0.0632. The fourth-order valence-electron chi connectivity index (χ4n) is 14.0. The third-order valence-electron chi connectivity index (χ3n) is 19.1. The van der Waals surface area contributed by atoms with Crippen LogP contribution in [0.2, 0.25) is 0 Å². The van der Waals surface area contributed by atoms with Gasteiger partial charge >= 0.3 is 33.2 Å². The van der Waals surface area contributed by atoms with Crippen molar-refractivity contribution in [2.24, 2.45) is 0 Å². The molecule has 523 valence electrons. The Kier molecular flexibility index (Phi) is 18.4. The molecule has 20 N–H and O–H groups in total. The molecule has 0 atom stereocenters. The van der Waals surface area contributed by atoms with Crippen molar-refractivity contribution in [3.05, 3.63) is 288 Å². The number of nitrogens with two attached hydrogens (primary N) is 8. The molecule has 0 saturated carbocycles. The van der Waals surface area contributed by atoms with Crippen molar-refractivity contribution in [1.29, 1.82) is 0 Å². The van der Waals surface area contributed by atoms with Crippen molar-refractivity contribution in [3.8, 4) is 89.0 Å². The number of H-pyrrole nitrogens is 4. The summed E-state index contributed by atoms with van der Waals surface area (Å²) < 4.78 is 0. The summed E-state index contributed by atoms with van der Waals surface area (Å²) in [5, 5.41) is 0. The van der Waals surface area contributed by atoms with Crippen molar-refractivity contribution in [1.82, 2.24) is 39.9 Å². The third-order valence-corrected chi connectivity index (χ3v) is 19.1.